The number of halogens is 2. The van der Waals surface area contributed by atoms with Crippen molar-refractivity contribution < 1.29 is 9.18 Å². The van der Waals surface area contributed by atoms with Gasteiger partial charge in [-0.1, -0.05) is 11.6 Å². The van der Waals surface area contributed by atoms with Crippen LogP contribution in [0.15, 0.2) is 12.3 Å². The maximum absolute atomic E-state index is 14.1. The molecule has 104 valence electrons. The highest BCUT2D eigenvalue weighted by Gasteiger charge is 2.32. The van der Waals surface area contributed by atoms with E-state index in [1.807, 2.05) is 0 Å². The van der Waals surface area contributed by atoms with Gasteiger partial charge in [0.1, 0.15) is 17.2 Å². The number of rotatable bonds is 3. The second-order valence-electron chi connectivity index (χ2n) is 5.02. The van der Waals surface area contributed by atoms with Crippen LogP contribution in [0.5, 0.6) is 0 Å². The van der Waals surface area contributed by atoms with Crippen molar-refractivity contribution in [1.29, 1.82) is 0 Å². The Morgan fingerprint density at radius 3 is 2.80 bits per heavy atom. The Morgan fingerprint density at radius 2 is 2.20 bits per heavy atom. The smallest absolute Gasteiger partial charge is 0.178 e. The van der Waals surface area contributed by atoms with Crippen LogP contribution in [-0.4, -0.2) is 20.3 Å². The Hall–Kier alpha value is -1.75. The molecule has 0 spiro atoms. The van der Waals surface area contributed by atoms with Gasteiger partial charge in [0.15, 0.2) is 16.8 Å². The van der Waals surface area contributed by atoms with Gasteiger partial charge in [-0.2, -0.15) is 0 Å². The molecule has 2 aromatic heterocycles. The molecule has 2 heterocycles. The lowest BCUT2D eigenvalue weighted by molar-refractivity contribution is 0.101. The summed E-state index contributed by atoms with van der Waals surface area (Å²) in [7, 11) is 1.79. The summed E-state index contributed by atoms with van der Waals surface area (Å²) in [5, 5.41) is -0.212. The predicted molar refractivity (Wildman–Crippen MR) is 73.4 cm³/mol. The van der Waals surface area contributed by atoms with E-state index in [0.717, 1.165) is 18.7 Å². The van der Waals surface area contributed by atoms with Crippen molar-refractivity contribution in [2.75, 3.05) is 0 Å². The fraction of sp³-hybridized carbons (Fsp3) is 0.357. The van der Waals surface area contributed by atoms with Crippen LogP contribution in [0.1, 0.15) is 42.0 Å². The zero-order chi connectivity index (χ0) is 14.4. The Bertz CT molecular complexity index is 707. The Kier molecular flexibility index (Phi) is 3.09. The molecule has 6 heteroatoms. The molecule has 0 N–H and O–H groups in total. The number of hydrogen-bond acceptors (Lipinski definition) is 3. The van der Waals surface area contributed by atoms with E-state index in [1.165, 1.54) is 19.2 Å². The van der Waals surface area contributed by atoms with Crippen LogP contribution in [0.2, 0.25) is 5.15 Å². The molecular formula is C14H13ClFN3O. The minimum absolute atomic E-state index is 0.144. The molecule has 0 unspecified atom stereocenters. The zero-order valence-electron chi connectivity index (χ0n) is 11.2. The number of imidazole rings is 1. The molecule has 2 aromatic rings. The summed E-state index contributed by atoms with van der Waals surface area (Å²) in [6.07, 6.45) is 3.53. The molecule has 0 bridgehead atoms. The molecule has 0 aliphatic heterocycles. The van der Waals surface area contributed by atoms with Crippen molar-refractivity contribution in [3.05, 3.63) is 34.8 Å². The van der Waals surface area contributed by atoms with E-state index in [4.69, 9.17) is 11.6 Å². The van der Waals surface area contributed by atoms with Crippen molar-refractivity contribution in [1.82, 2.24) is 14.5 Å². The van der Waals surface area contributed by atoms with E-state index < -0.39 is 5.82 Å². The maximum Gasteiger partial charge on any atom is 0.178 e. The van der Waals surface area contributed by atoms with Crippen LogP contribution >= 0.6 is 11.6 Å². The van der Waals surface area contributed by atoms with Gasteiger partial charge in [0.05, 0.1) is 0 Å². The van der Waals surface area contributed by atoms with Crippen molar-refractivity contribution in [3.63, 3.8) is 0 Å². The first kappa shape index (κ1) is 13.2. The quantitative estimate of drug-likeness (QED) is 0.644. The third-order valence-corrected chi connectivity index (χ3v) is 3.77. The lowest BCUT2D eigenvalue weighted by atomic mass is 10.1. The average molecular weight is 294 g/mol. The lowest BCUT2D eigenvalue weighted by Gasteiger charge is -2.04. The first-order valence-corrected chi connectivity index (χ1v) is 6.76. The molecule has 0 radical (unpaired) electrons. The summed E-state index contributed by atoms with van der Waals surface area (Å²) in [5.41, 5.74) is 0.981. The van der Waals surface area contributed by atoms with E-state index in [2.05, 4.69) is 9.97 Å². The van der Waals surface area contributed by atoms with Gasteiger partial charge >= 0.3 is 0 Å². The predicted octanol–water partition coefficient (Wildman–Crippen LogP) is 3.35. The molecule has 0 saturated heterocycles. The molecule has 0 amide bonds. The average Bonchev–Trinajstić information content (AvgIpc) is 3.16. The maximum atomic E-state index is 14.1. The third-order valence-electron chi connectivity index (χ3n) is 3.51. The van der Waals surface area contributed by atoms with Gasteiger partial charge in [-0.3, -0.25) is 4.79 Å². The molecule has 4 nitrogen and oxygen atoms in total. The van der Waals surface area contributed by atoms with Crippen molar-refractivity contribution in [2.45, 2.75) is 25.7 Å². The summed E-state index contributed by atoms with van der Waals surface area (Å²) in [5.74, 6) is 0.413. The van der Waals surface area contributed by atoms with Crippen molar-refractivity contribution in [3.8, 4) is 11.3 Å². The Balaban J connectivity index is 2.24. The molecule has 20 heavy (non-hydrogen) atoms. The van der Waals surface area contributed by atoms with Crippen LogP contribution in [0.25, 0.3) is 11.3 Å². The summed E-state index contributed by atoms with van der Waals surface area (Å²) in [6, 6.07) is 1.49. The topological polar surface area (TPSA) is 47.8 Å². The largest absolute Gasteiger partial charge is 0.328 e. The number of aromatic nitrogens is 3. The molecular weight excluding hydrogens is 281 g/mol. The van der Waals surface area contributed by atoms with Gasteiger partial charge in [-0.05, 0) is 18.9 Å². The Labute approximate surface area is 120 Å². The molecule has 1 saturated carbocycles. The van der Waals surface area contributed by atoms with E-state index in [9.17, 15) is 9.18 Å². The molecule has 3 rings (SSSR count). The van der Waals surface area contributed by atoms with Crippen LogP contribution < -0.4 is 0 Å². The number of nitrogens with zero attached hydrogens (tertiary/aromatic N) is 3. The highest BCUT2D eigenvalue weighted by Crippen LogP contribution is 2.41. The highest BCUT2D eigenvalue weighted by atomic mass is 35.5. The number of pyridine rings is 1. The summed E-state index contributed by atoms with van der Waals surface area (Å²) in [4.78, 5) is 20.0. The van der Waals surface area contributed by atoms with Gasteiger partial charge in [0.2, 0.25) is 0 Å². The normalized spacial score (nSPS) is 14.6. The number of carbonyl (C=O) groups excluding carboxylic acids is 1. The first-order valence-electron chi connectivity index (χ1n) is 6.38. The van der Waals surface area contributed by atoms with Gasteiger partial charge in [0.25, 0.3) is 0 Å². The van der Waals surface area contributed by atoms with Crippen molar-refractivity contribution in [2.24, 2.45) is 7.05 Å². The molecule has 1 fully saturated rings. The van der Waals surface area contributed by atoms with Gasteiger partial charge in [-0.15, -0.1) is 0 Å². The van der Waals surface area contributed by atoms with Crippen LogP contribution in [0.4, 0.5) is 4.39 Å². The fourth-order valence-electron chi connectivity index (χ4n) is 2.41. The van der Waals surface area contributed by atoms with Crippen LogP contribution in [-0.2, 0) is 7.05 Å². The number of Topliss-reactive ketones (excluding diaryl/α,β-unsaturated/α-hetero) is 1. The Morgan fingerprint density at radius 1 is 1.50 bits per heavy atom. The standard InChI is InChI=1S/C14H13ClFN3O/c1-7(20)12-11(9-5-6-17-13(15)10(9)16)18-14(19(12)2)8-3-4-8/h5-6,8H,3-4H2,1-2H3. The van der Waals surface area contributed by atoms with Crippen LogP contribution in [0, 0.1) is 5.82 Å². The summed E-state index contributed by atoms with van der Waals surface area (Å²) < 4.78 is 15.9. The van der Waals surface area contributed by atoms with Gasteiger partial charge in [-0.25, -0.2) is 14.4 Å². The van der Waals surface area contributed by atoms with Gasteiger partial charge < -0.3 is 4.57 Å². The third kappa shape index (κ3) is 2.02. The van der Waals surface area contributed by atoms with Gasteiger partial charge in [0, 0.05) is 31.6 Å². The second kappa shape index (κ2) is 4.66. The monoisotopic (exact) mass is 293 g/mol. The van der Waals surface area contributed by atoms with Crippen LogP contribution in [0.3, 0.4) is 0 Å². The summed E-state index contributed by atoms with van der Waals surface area (Å²) in [6.45, 7) is 1.46. The summed E-state index contributed by atoms with van der Waals surface area (Å²) >= 11 is 5.71. The number of ketones is 1. The van der Waals surface area contributed by atoms with E-state index in [-0.39, 0.29) is 16.5 Å². The molecule has 1 aliphatic carbocycles. The van der Waals surface area contributed by atoms with E-state index in [0.29, 0.717) is 17.3 Å². The fourth-order valence-corrected chi connectivity index (χ4v) is 2.57. The first-order chi connectivity index (χ1) is 9.50. The SMILES string of the molecule is CC(=O)c1c(-c2ccnc(Cl)c2F)nc(C2CC2)n1C. The van der Waals surface area contributed by atoms with E-state index >= 15 is 0 Å². The number of carbonyl (C=O) groups is 1. The lowest BCUT2D eigenvalue weighted by Crippen LogP contribution is -2.06. The zero-order valence-corrected chi connectivity index (χ0v) is 11.9. The second-order valence-corrected chi connectivity index (χ2v) is 5.38. The van der Waals surface area contributed by atoms with Crippen molar-refractivity contribution >= 4 is 17.4 Å². The highest BCUT2D eigenvalue weighted by molar-refractivity contribution is 6.29. The van der Waals surface area contributed by atoms with E-state index in [1.54, 1.807) is 11.6 Å². The molecule has 1 aliphatic rings. The molecule has 0 aromatic carbocycles. The minimum atomic E-state index is -0.642. The number of hydrogen-bond donors (Lipinski definition) is 0. The molecule has 0 atom stereocenters. The minimum Gasteiger partial charge on any atom is -0.328 e.